The first-order chi connectivity index (χ1) is 16.8. The number of nitrogens with one attached hydrogen (secondary N) is 1. The molecular weight excluding hydrogens is 454 g/mol. The summed E-state index contributed by atoms with van der Waals surface area (Å²) in [6, 6.07) is 8.79. The number of nitrogens with zero attached hydrogens (tertiary/aromatic N) is 3. The van der Waals surface area contributed by atoms with Gasteiger partial charge in [-0.05, 0) is 42.7 Å². The summed E-state index contributed by atoms with van der Waals surface area (Å²) in [6.45, 7) is 3.68. The van der Waals surface area contributed by atoms with Crippen LogP contribution in [-0.2, 0) is 11.3 Å². The highest BCUT2D eigenvalue weighted by Crippen LogP contribution is 2.38. The van der Waals surface area contributed by atoms with Crippen molar-refractivity contribution in [3.63, 3.8) is 0 Å². The lowest BCUT2D eigenvalue weighted by Gasteiger charge is -2.36. The van der Waals surface area contributed by atoms with Gasteiger partial charge in [0.05, 0.1) is 11.2 Å². The van der Waals surface area contributed by atoms with E-state index >= 15 is 4.39 Å². The highest BCUT2D eigenvalue weighted by molar-refractivity contribution is 5.98. The second-order valence-electron chi connectivity index (χ2n) is 9.13. The first kappa shape index (κ1) is 23.0. The number of fused-ring (bicyclic) bond motifs is 1. The molecule has 1 aliphatic heterocycles. The van der Waals surface area contributed by atoms with Gasteiger partial charge in [-0.2, -0.15) is 0 Å². The van der Waals surface area contributed by atoms with Gasteiger partial charge >= 0.3 is 0 Å². The molecule has 0 atom stereocenters. The highest BCUT2D eigenvalue weighted by atomic mass is 19.1. The predicted molar refractivity (Wildman–Crippen MR) is 128 cm³/mol. The molecule has 1 aliphatic carbocycles. The van der Waals surface area contributed by atoms with Crippen LogP contribution < -0.4 is 15.6 Å². The number of hydrogen-bond donors (Lipinski definition) is 1. The van der Waals surface area contributed by atoms with Gasteiger partial charge in [-0.3, -0.25) is 14.4 Å². The lowest BCUT2D eigenvalue weighted by Crippen LogP contribution is -2.48. The van der Waals surface area contributed by atoms with Crippen LogP contribution in [0.2, 0.25) is 0 Å². The van der Waals surface area contributed by atoms with E-state index in [9.17, 15) is 18.8 Å². The second kappa shape index (κ2) is 9.13. The van der Waals surface area contributed by atoms with Crippen molar-refractivity contribution in [1.29, 1.82) is 0 Å². The van der Waals surface area contributed by atoms with Gasteiger partial charge in [-0.1, -0.05) is 12.1 Å². The van der Waals surface area contributed by atoms with Crippen molar-refractivity contribution >= 4 is 28.4 Å². The molecule has 0 unspecified atom stereocenters. The van der Waals surface area contributed by atoms with E-state index in [1.807, 2.05) is 9.47 Å². The Balaban J connectivity index is 1.46. The van der Waals surface area contributed by atoms with Gasteiger partial charge in [-0.25, -0.2) is 8.78 Å². The number of pyridine rings is 1. The molecule has 0 bridgehead atoms. The van der Waals surface area contributed by atoms with E-state index in [-0.39, 0.29) is 35.3 Å². The van der Waals surface area contributed by atoms with Gasteiger partial charge in [0, 0.05) is 57.3 Å². The first-order valence-electron chi connectivity index (χ1n) is 11.7. The number of halogens is 2. The molecule has 1 saturated carbocycles. The van der Waals surface area contributed by atoms with E-state index in [2.05, 4.69) is 5.32 Å². The van der Waals surface area contributed by atoms with Gasteiger partial charge in [0.2, 0.25) is 11.3 Å². The summed E-state index contributed by atoms with van der Waals surface area (Å²) in [6.07, 6.45) is 3.40. The van der Waals surface area contributed by atoms with E-state index < -0.39 is 17.2 Å². The smallest absolute Gasteiger partial charge is 0.257 e. The molecule has 0 spiro atoms. The molecule has 35 heavy (non-hydrogen) atoms. The predicted octanol–water partition coefficient (Wildman–Crippen LogP) is 3.21. The maximum absolute atomic E-state index is 15.2. The Morgan fingerprint density at radius 3 is 2.34 bits per heavy atom. The molecule has 9 heteroatoms. The summed E-state index contributed by atoms with van der Waals surface area (Å²) in [5.41, 5.74) is 1.11. The Morgan fingerprint density at radius 2 is 1.71 bits per heavy atom. The minimum absolute atomic E-state index is 0.00330. The molecular formula is C26H26F2N4O3. The summed E-state index contributed by atoms with van der Waals surface area (Å²) in [7, 11) is 0. The molecule has 5 rings (SSSR count). The largest absolute Gasteiger partial charge is 0.366 e. The topological polar surface area (TPSA) is 74.7 Å². The standard InChI is InChI=1S/C26H26F2N4O3/c1-16(33)30-8-10-31(11-9-30)24-13-23-20(12-22(24)28)25(34)21(15-32(23)19-6-7-19)26(35)29-14-17-2-4-18(27)5-3-17/h2-5,12-13,15,19H,6-11,14H2,1H3,(H,29,35). The van der Waals surface area contributed by atoms with Crippen LogP contribution in [0.15, 0.2) is 47.4 Å². The van der Waals surface area contributed by atoms with Crippen LogP contribution in [0.3, 0.4) is 0 Å². The van der Waals surface area contributed by atoms with Gasteiger partial charge < -0.3 is 19.7 Å². The van der Waals surface area contributed by atoms with Crippen molar-refractivity contribution in [2.75, 3.05) is 31.1 Å². The lowest BCUT2D eigenvalue weighted by atomic mass is 10.1. The third-order valence-corrected chi connectivity index (χ3v) is 6.72. The lowest BCUT2D eigenvalue weighted by molar-refractivity contribution is -0.129. The average Bonchev–Trinajstić information content (AvgIpc) is 3.69. The zero-order valence-corrected chi connectivity index (χ0v) is 19.4. The molecule has 7 nitrogen and oxygen atoms in total. The Labute approximate surface area is 200 Å². The fraction of sp³-hybridized carbons (Fsp3) is 0.346. The van der Waals surface area contributed by atoms with Crippen LogP contribution in [-0.4, -0.2) is 47.5 Å². The molecule has 2 fully saturated rings. The van der Waals surface area contributed by atoms with Crippen molar-refractivity contribution in [2.45, 2.75) is 32.4 Å². The minimum Gasteiger partial charge on any atom is -0.366 e. The first-order valence-corrected chi connectivity index (χ1v) is 11.7. The quantitative estimate of drug-likeness (QED) is 0.609. The fourth-order valence-corrected chi connectivity index (χ4v) is 4.56. The van der Waals surface area contributed by atoms with Crippen LogP contribution in [0.25, 0.3) is 10.9 Å². The number of aromatic nitrogens is 1. The number of anilines is 1. The van der Waals surface area contributed by atoms with Crippen LogP contribution in [0.4, 0.5) is 14.5 Å². The molecule has 1 N–H and O–H groups in total. The summed E-state index contributed by atoms with van der Waals surface area (Å²) in [5, 5.41) is 2.87. The molecule has 2 amide bonds. The maximum atomic E-state index is 15.2. The van der Waals surface area contributed by atoms with Gasteiger partial charge in [0.1, 0.15) is 17.2 Å². The third-order valence-electron chi connectivity index (χ3n) is 6.72. The fourth-order valence-electron chi connectivity index (χ4n) is 4.56. The number of piperazine rings is 1. The van der Waals surface area contributed by atoms with Crippen LogP contribution in [0, 0.1) is 11.6 Å². The Kier molecular flexibility index (Phi) is 6.00. The number of benzene rings is 2. The SMILES string of the molecule is CC(=O)N1CCN(c2cc3c(cc2F)c(=O)c(C(=O)NCc2ccc(F)cc2)cn3C2CC2)CC1. The van der Waals surface area contributed by atoms with Crippen LogP contribution in [0.1, 0.15) is 41.7 Å². The molecule has 3 aromatic rings. The number of carbonyl (C=O) groups is 2. The normalized spacial score (nSPS) is 16.0. The number of rotatable bonds is 5. The monoisotopic (exact) mass is 480 g/mol. The average molecular weight is 481 g/mol. The van der Waals surface area contributed by atoms with Gasteiger partial charge in [0.15, 0.2) is 0 Å². The van der Waals surface area contributed by atoms with Crippen molar-refractivity contribution in [2.24, 2.45) is 0 Å². The van der Waals surface area contributed by atoms with Crippen LogP contribution >= 0.6 is 0 Å². The van der Waals surface area contributed by atoms with E-state index in [4.69, 9.17) is 0 Å². The molecule has 0 radical (unpaired) electrons. The molecule has 182 valence electrons. The number of carbonyl (C=O) groups excluding carboxylic acids is 2. The highest BCUT2D eigenvalue weighted by Gasteiger charge is 2.28. The minimum atomic E-state index is -0.555. The van der Waals surface area contributed by atoms with Crippen molar-refractivity contribution in [1.82, 2.24) is 14.8 Å². The second-order valence-corrected chi connectivity index (χ2v) is 9.13. The molecule has 2 heterocycles. The Morgan fingerprint density at radius 1 is 1.03 bits per heavy atom. The van der Waals surface area contributed by atoms with Crippen LogP contribution in [0.5, 0.6) is 0 Å². The summed E-state index contributed by atoms with van der Waals surface area (Å²) < 4.78 is 30.2. The maximum Gasteiger partial charge on any atom is 0.257 e. The molecule has 1 aromatic heterocycles. The van der Waals surface area contributed by atoms with E-state index in [1.54, 1.807) is 29.3 Å². The summed E-state index contributed by atoms with van der Waals surface area (Å²) >= 11 is 0. The molecule has 2 aliphatic rings. The number of hydrogen-bond acceptors (Lipinski definition) is 4. The van der Waals surface area contributed by atoms with Gasteiger partial charge in [-0.15, -0.1) is 0 Å². The van der Waals surface area contributed by atoms with E-state index in [0.717, 1.165) is 12.8 Å². The summed E-state index contributed by atoms with van der Waals surface area (Å²) in [4.78, 5) is 41.4. The van der Waals surface area contributed by atoms with Crippen molar-refractivity contribution < 1.29 is 18.4 Å². The van der Waals surface area contributed by atoms with E-state index in [1.165, 1.54) is 25.1 Å². The van der Waals surface area contributed by atoms with E-state index in [0.29, 0.717) is 42.9 Å². The van der Waals surface area contributed by atoms with Crippen molar-refractivity contribution in [3.05, 3.63) is 75.6 Å². The zero-order valence-electron chi connectivity index (χ0n) is 19.4. The summed E-state index contributed by atoms with van der Waals surface area (Å²) in [5.74, 6) is -1.46. The zero-order chi connectivity index (χ0) is 24.7. The Bertz CT molecular complexity index is 1360. The van der Waals surface area contributed by atoms with Gasteiger partial charge in [0.25, 0.3) is 5.91 Å². The molecule has 2 aromatic carbocycles. The molecule has 1 saturated heterocycles. The van der Waals surface area contributed by atoms with Crippen molar-refractivity contribution in [3.8, 4) is 0 Å². The third kappa shape index (κ3) is 4.62. The Hall–Kier alpha value is -3.75. The number of amides is 2.